The third kappa shape index (κ3) is 3.07. The van der Waals surface area contributed by atoms with Crippen molar-refractivity contribution in [3.63, 3.8) is 0 Å². The number of hydrogen-bond donors (Lipinski definition) is 2. The maximum absolute atomic E-state index is 13.0. The van der Waals surface area contributed by atoms with Gasteiger partial charge in [0.2, 0.25) is 0 Å². The molecule has 0 spiro atoms. The third-order valence-electron chi connectivity index (χ3n) is 5.54. The van der Waals surface area contributed by atoms with Crippen LogP contribution in [0.5, 0.6) is 0 Å². The van der Waals surface area contributed by atoms with Gasteiger partial charge >= 0.3 is 0 Å². The zero-order chi connectivity index (χ0) is 17.4. The van der Waals surface area contributed by atoms with E-state index in [9.17, 15) is 4.79 Å². The second-order valence-electron chi connectivity index (χ2n) is 6.95. The Morgan fingerprint density at radius 1 is 1.36 bits per heavy atom. The zero-order valence-corrected chi connectivity index (χ0v) is 16.1. The molecule has 1 fully saturated rings. The molecule has 132 valence electrons. The van der Waals surface area contributed by atoms with Crippen molar-refractivity contribution in [2.24, 2.45) is 0 Å². The highest BCUT2D eigenvalue weighted by atomic mass is 32.1. The van der Waals surface area contributed by atoms with Crippen molar-refractivity contribution in [1.29, 1.82) is 0 Å². The first-order chi connectivity index (χ1) is 12.2. The Bertz CT molecular complexity index is 1020. The smallest absolute Gasteiger partial charge is 0.272 e. The van der Waals surface area contributed by atoms with Crippen LogP contribution in [0.3, 0.4) is 0 Å². The summed E-state index contributed by atoms with van der Waals surface area (Å²) in [4.78, 5) is 18.0. The van der Waals surface area contributed by atoms with Crippen LogP contribution in [0, 0.1) is 4.77 Å². The second-order valence-corrected chi connectivity index (χ2v) is 8.39. The predicted octanol–water partition coefficient (Wildman–Crippen LogP) is 3.12. The van der Waals surface area contributed by atoms with Gasteiger partial charge in [-0.1, -0.05) is 25.1 Å². The molecule has 2 atom stereocenters. The molecule has 2 aromatic heterocycles. The van der Waals surface area contributed by atoms with Gasteiger partial charge in [-0.15, -0.1) is 11.3 Å². The molecule has 3 aromatic rings. The number of hydrogen-bond acceptors (Lipinski definition) is 3. The van der Waals surface area contributed by atoms with Crippen molar-refractivity contribution in [3.05, 3.63) is 39.4 Å². The highest BCUT2D eigenvalue weighted by Crippen LogP contribution is 2.29. The lowest BCUT2D eigenvalue weighted by Crippen LogP contribution is -3.16. The summed E-state index contributed by atoms with van der Waals surface area (Å²) in [6, 6.07) is 8.85. The lowest BCUT2D eigenvalue weighted by molar-refractivity contribution is -0.931. The lowest BCUT2D eigenvalue weighted by Gasteiger charge is -2.32. The largest absolute Gasteiger partial charge is 0.331 e. The number of thiophene rings is 1. The van der Waals surface area contributed by atoms with E-state index in [1.807, 2.05) is 18.2 Å². The quantitative estimate of drug-likeness (QED) is 0.689. The van der Waals surface area contributed by atoms with E-state index in [2.05, 4.69) is 18.0 Å². The van der Waals surface area contributed by atoms with Crippen LogP contribution in [0.2, 0.25) is 0 Å². The van der Waals surface area contributed by atoms with E-state index in [0.717, 1.165) is 32.9 Å². The van der Waals surface area contributed by atoms with Crippen molar-refractivity contribution in [1.82, 2.24) is 9.55 Å². The fourth-order valence-corrected chi connectivity index (χ4v) is 5.52. The van der Waals surface area contributed by atoms with Gasteiger partial charge in [0.25, 0.3) is 5.56 Å². The summed E-state index contributed by atoms with van der Waals surface area (Å²) in [5.41, 5.74) is 0.952. The molecule has 0 amide bonds. The summed E-state index contributed by atoms with van der Waals surface area (Å²) in [5.74, 6) is 0. The normalized spacial score (nSPS) is 21.2. The highest BCUT2D eigenvalue weighted by Gasteiger charge is 2.24. The van der Waals surface area contributed by atoms with Crippen LogP contribution in [-0.4, -0.2) is 28.7 Å². The van der Waals surface area contributed by atoms with Crippen LogP contribution in [0.4, 0.5) is 0 Å². The molecular formula is C19H24N3OS2+. The number of nitrogens with zero attached hydrogens (tertiary/aromatic N) is 1. The van der Waals surface area contributed by atoms with Gasteiger partial charge in [-0.2, -0.15) is 0 Å². The monoisotopic (exact) mass is 374 g/mol. The third-order valence-corrected chi connectivity index (χ3v) is 7.02. The average molecular weight is 375 g/mol. The molecule has 25 heavy (non-hydrogen) atoms. The molecule has 0 radical (unpaired) electrons. The predicted molar refractivity (Wildman–Crippen MR) is 107 cm³/mol. The number of aromatic nitrogens is 2. The number of fused-ring (bicyclic) bond motifs is 3. The summed E-state index contributed by atoms with van der Waals surface area (Å²) in [5, 5.41) is 1.09. The molecule has 1 saturated heterocycles. The molecule has 2 N–H and O–H groups in total. The first kappa shape index (κ1) is 16.9. The number of benzene rings is 1. The number of likely N-dealkylation sites (tertiary alicyclic amines) is 1. The fraction of sp³-hybridized carbons (Fsp3) is 0.474. The van der Waals surface area contributed by atoms with Crippen molar-refractivity contribution in [2.45, 2.75) is 45.2 Å². The Kier molecular flexibility index (Phi) is 4.75. The minimum atomic E-state index is 0.0596. The molecule has 0 bridgehead atoms. The summed E-state index contributed by atoms with van der Waals surface area (Å²) < 4.78 is 4.23. The van der Waals surface area contributed by atoms with E-state index in [1.165, 1.54) is 32.2 Å². The summed E-state index contributed by atoms with van der Waals surface area (Å²) in [7, 11) is 0. The Morgan fingerprint density at radius 2 is 2.20 bits per heavy atom. The lowest BCUT2D eigenvalue weighted by atomic mass is 10.0. The fourth-order valence-electron chi connectivity index (χ4n) is 4.14. The number of piperidine rings is 1. The van der Waals surface area contributed by atoms with Gasteiger partial charge < -0.3 is 9.88 Å². The van der Waals surface area contributed by atoms with Gasteiger partial charge in [0, 0.05) is 10.1 Å². The van der Waals surface area contributed by atoms with Crippen molar-refractivity contribution < 1.29 is 4.90 Å². The maximum atomic E-state index is 13.0. The number of nitrogens with one attached hydrogen (secondary N) is 2. The van der Waals surface area contributed by atoms with Gasteiger partial charge in [0.1, 0.15) is 4.70 Å². The van der Waals surface area contributed by atoms with Gasteiger partial charge in [0.15, 0.2) is 4.77 Å². The minimum absolute atomic E-state index is 0.0596. The van der Waals surface area contributed by atoms with Crippen LogP contribution in [-0.2, 0) is 6.54 Å². The maximum Gasteiger partial charge on any atom is 0.272 e. The number of rotatable bonds is 4. The Morgan fingerprint density at radius 3 is 3.04 bits per heavy atom. The SMILES string of the molecule is CCC1CCCC[NH+]1CCn1c(=S)[nH]c2c(sc3ccccc32)c1=O. The molecule has 1 aliphatic heterocycles. The Labute approximate surface area is 156 Å². The topological polar surface area (TPSA) is 42.2 Å². The Hall–Kier alpha value is -1.50. The highest BCUT2D eigenvalue weighted by molar-refractivity contribution is 7.71. The molecule has 4 rings (SSSR count). The van der Waals surface area contributed by atoms with Crippen LogP contribution in [0.25, 0.3) is 20.3 Å². The number of H-pyrrole nitrogens is 1. The summed E-state index contributed by atoms with van der Waals surface area (Å²) >= 11 is 7.08. The van der Waals surface area contributed by atoms with Crippen molar-refractivity contribution in [3.8, 4) is 0 Å². The van der Waals surface area contributed by atoms with Gasteiger partial charge in [-0.05, 0) is 44.0 Å². The average Bonchev–Trinajstić information content (AvgIpc) is 3.01. The second kappa shape index (κ2) is 7.02. The molecule has 3 heterocycles. The van der Waals surface area contributed by atoms with E-state index in [-0.39, 0.29) is 5.56 Å². The van der Waals surface area contributed by atoms with E-state index in [0.29, 0.717) is 11.3 Å². The summed E-state index contributed by atoms with van der Waals surface area (Å²) in [6.07, 6.45) is 5.16. The van der Waals surface area contributed by atoms with E-state index < -0.39 is 0 Å². The minimum Gasteiger partial charge on any atom is -0.331 e. The van der Waals surface area contributed by atoms with Crippen LogP contribution in [0.1, 0.15) is 32.6 Å². The van der Waals surface area contributed by atoms with Gasteiger partial charge in [0.05, 0.1) is 31.2 Å². The first-order valence-electron chi connectivity index (χ1n) is 9.18. The van der Waals surface area contributed by atoms with Crippen molar-refractivity contribution >= 4 is 43.9 Å². The molecule has 6 heteroatoms. The molecule has 0 aliphatic carbocycles. The number of quaternary nitrogens is 1. The van der Waals surface area contributed by atoms with E-state index >= 15 is 0 Å². The van der Waals surface area contributed by atoms with Gasteiger partial charge in [-0.3, -0.25) is 9.36 Å². The van der Waals surface area contributed by atoms with E-state index in [1.54, 1.807) is 20.8 Å². The zero-order valence-electron chi connectivity index (χ0n) is 14.5. The molecule has 4 nitrogen and oxygen atoms in total. The van der Waals surface area contributed by atoms with Crippen LogP contribution in [0.15, 0.2) is 29.1 Å². The molecular weight excluding hydrogens is 350 g/mol. The Balaban J connectivity index is 1.69. The molecule has 0 saturated carbocycles. The first-order valence-corrected chi connectivity index (χ1v) is 10.4. The van der Waals surface area contributed by atoms with Gasteiger partial charge in [-0.25, -0.2) is 0 Å². The molecule has 1 aromatic carbocycles. The standard InChI is InChI=1S/C19H23N3OS2/c1-2-13-7-5-6-10-21(13)11-12-22-18(23)17-16(20-19(22)24)14-8-3-4-9-15(14)25-17/h3-4,8-9,13H,2,5-7,10-12H2,1H3,(H,20,24)/p+1. The van der Waals surface area contributed by atoms with Crippen molar-refractivity contribution in [2.75, 3.05) is 13.1 Å². The van der Waals surface area contributed by atoms with E-state index in [4.69, 9.17) is 12.2 Å². The number of aromatic amines is 1. The van der Waals surface area contributed by atoms with Crippen LogP contribution < -0.4 is 10.5 Å². The van der Waals surface area contributed by atoms with Crippen LogP contribution >= 0.6 is 23.6 Å². The molecule has 2 unspecified atom stereocenters. The molecule has 1 aliphatic rings. The summed E-state index contributed by atoms with van der Waals surface area (Å²) in [6.45, 7) is 5.17.